The fourth-order valence-corrected chi connectivity index (χ4v) is 3.61. The molecule has 4 aromatic rings. The van der Waals surface area contributed by atoms with Crippen molar-refractivity contribution in [2.75, 3.05) is 0 Å². The molecule has 136 valence electrons. The van der Waals surface area contributed by atoms with Gasteiger partial charge in [0.25, 0.3) is 5.56 Å². The fourth-order valence-electron chi connectivity index (χ4n) is 3.25. The van der Waals surface area contributed by atoms with E-state index < -0.39 is 0 Å². The molecule has 0 aliphatic heterocycles. The zero-order chi connectivity index (χ0) is 19.1. The Bertz CT molecular complexity index is 1250. The van der Waals surface area contributed by atoms with E-state index in [1.54, 1.807) is 12.3 Å². The van der Waals surface area contributed by atoms with Crippen LogP contribution in [0.3, 0.4) is 0 Å². The lowest BCUT2D eigenvalue weighted by Crippen LogP contribution is -2.23. The van der Waals surface area contributed by atoms with Crippen molar-refractivity contribution < 1.29 is 0 Å². The predicted octanol–water partition coefficient (Wildman–Crippen LogP) is 4.66. The van der Waals surface area contributed by atoms with Crippen molar-refractivity contribution >= 4 is 44.0 Å². The Morgan fingerprint density at radius 3 is 2.70 bits per heavy atom. The van der Waals surface area contributed by atoms with Gasteiger partial charge in [0.2, 0.25) is 0 Å². The molecule has 0 unspecified atom stereocenters. The van der Waals surface area contributed by atoms with Crippen molar-refractivity contribution in [3.05, 3.63) is 74.9 Å². The summed E-state index contributed by atoms with van der Waals surface area (Å²) in [5.41, 5.74) is 2.60. The van der Waals surface area contributed by atoms with E-state index in [1.165, 1.54) is 4.68 Å². The average molecular weight is 423 g/mol. The van der Waals surface area contributed by atoms with Gasteiger partial charge in [0, 0.05) is 40.1 Å². The third-order valence-electron chi connectivity index (χ3n) is 4.59. The van der Waals surface area contributed by atoms with Gasteiger partial charge < -0.3 is 4.57 Å². The molecule has 0 N–H and O–H groups in total. The summed E-state index contributed by atoms with van der Waals surface area (Å²) in [6.45, 7) is 4.02. The molecular formula is C21H19BrN4O. The summed E-state index contributed by atoms with van der Waals surface area (Å²) in [5.74, 6) is 0.710. The maximum Gasteiger partial charge on any atom is 0.282 e. The molecule has 27 heavy (non-hydrogen) atoms. The van der Waals surface area contributed by atoms with Crippen molar-refractivity contribution in [2.24, 2.45) is 12.1 Å². The molecule has 0 spiro atoms. The Hall–Kier alpha value is -2.73. The first kappa shape index (κ1) is 17.7. The highest BCUT2D eigenvalue weighted by atomic mass is 79.9. The second-order valence-electron chi connectivity index (χ2n) is 6.86. The van der Waals surface area contributed by atoms with Crippen LogP contribution < -0.4 is 5.56 Å². The molecule has 0 aliphatic rings. The van der Waals surface area contributed by atoms with Gasteiger partial charge in [-0.3, -0.25) is 4.79 Å². The van der Waals surface area contributed by atoms with Crippen LogP contribution >= 0.6 is 15.9 Å². The van der Waals surface area contributed by atoms with E-state index in [9.17, 15) is 4.79 Å². The van der Waals surface area contributed by atoms with Crippen LogP contribution in [0, 0.1) is 0 Å². The molecular weight excluding hydrogens is 404 g/mol. The first-order chi connectivity index (χ1) is 13.0. The van der Waals surface area contributed by atoms with Gasteiger partial charge in [-0.25, -0.2) is 4.98 Å². The highest BCUT2D eigenvalue weighted by Gasteiger charge is 2.14. The molecule has 0 atom stereocenters. The zero-order valence-corrected chi connectivity index (χ0v) is 16.9. The summed E-state index contributed by atoms with van der Waals surface area (Å²) in [4.78, 5) is 17.8. The van der Waals surface area contributed by atoms with Crippen LogP contribution in [0.15, 0.2) is 63.0 Å². The Kier molecular flexibility index (Phi) is 4.44. The molecule has 2 heterocycles. The van der Waals surface area contributed by atoms with Crippen LogP contribution in [0.1, 0.15) is 31.2 Å². The third kappa shape index (κ3) is 3.10. The SMILES string of the molecule is CC(C)c1nc2ccc(Br)cc2c(=O)n1N=Cc1cn(C)c2ccccc12. The summed E-state index contributed by atoms with van der Waals surface area (Å²) in [6.07, 6.45) is 3.75. The second kappa shape index (κ2) is 6.78. The number of aryl methyl sites for hydroxylation is 1. The zero-order valence-electron chi connectivity index (χ0n) is 15.3. The van der Waals surface area contributed by atoms with Gasteiger partial charge in [-0.1, -0.05) is 48.0 Å². The Labute approximate surface area is 165 Å². The van der Waals surface area contributed by atoms with Crippen LogP contribution in [0.2, 0.25) is 0 Å². The lowest BCUT2D eigenvalue weighted by molar-refractivity contribution is 0.665. The molecule has 0 saturated heterocycles. The number of fused-ring (bicyclic) bond motifs is 2. The Morgan fingerprint density at radius 1 is 1.15 bits per heavy atom. The highest BCUT2D eigenvalue weighted by molar-refractivity contribution is 9.10. The Balaban J connectivity index is 1.92. The Morgan fingerprint density at radius 2 is 1.93 bits per heavy atom. The van der Waals surface area contributed by atoms with E-state index in [0.29, 0.717) is 16.7 Å². The van der Waals surface area contributed by atoms with E-state index in [4.69, 9.17) is 0 Å². The molecule has 0 fully saturated rings. The molecule has 0 radical (unpaired) electrons. The number of aromatic nitrogens is 3. The quantitative estimate of drug-likeness (QED) is 0.451. The van der Waals surface area contributed by atoms with Crippen LogP contribution in [0.25, 0.3) is 21.8 Å². The number of hydrogen-bond acceptors (Lipinski definition) is 3. The highest BCUT2D eigenvalue weighted by Crippen LogP contribution is 2.20. The smallest absolute Gasteiger partial charge is 0.282 e. The van der Waals surface area contributed by atoms with E-state index in [0.717, 1.165) is 20.9 Å². The normalized spacial score (nSPS) is 12.0. The van der Waals surface area contributed by atoms with Gasteiger partial charge >= 0.3 is 0 Å². The fraction of sp³-hybridized carbons (Fsp3) is 0.190. The molecule has 0 saturated carbocycles. The average Bonchev–Trinajstić information content (AvgIpc) is 2.97. The number of hydrogen-bond donors (Lipinski definition) is 0. The summed E-state index contributed by atoms with van der Waals surface area (Å²) < 4.78 is 4.32. The van der Waals surface area contributed by atoms with Gasteiger partial charge in [-0.05, 0) is 24.3 Å². The van der Waals surface area contributed by atoms with Crippen molar-refractivity contribution in [2.45, 2.75) is 19.8 Å². The number of rotatable bonds is 3. The van der Waals surface area contributed by atoms with E-state index in [2.05, 4.69) is 42.7 Å². The van der Waals surface area contributed by atoms with Gasteiger partial charge in [0.05, 0.1) is 17.1 Å². The molecule has 5 nitrogen and oxygen atoms in total. The van der Waals surface area contributed by atoms with Crippen LogP contribution in [-0.4, -0.2) is 20.4 Å². The van der Waals surface area contributed by atoms with Crippen molar-refractivity contribution in [1.29, 1.82) is 0 Å². The number of benzene rings is 2. The van der Waals surface area contributed by atoms with Gasteiger partial charge in [-0.15, -0.1) is 0 Å². The summed E-state index contributed by atoms with van der Waals surface area (Å²) >= 11 is 3.43. The molecule has 4 rings (SSSR count). The van der Waals surface area contributed by atoms with Gasteiger partial charge in [0.15, 0.2) is 0 Å². The van der Waals surface area contributed by atoms with E-state index in [-0.39, 0.29) is 11.5 Å². The summed E-state index contributed by atoms with van der Waals surface area (Å²) in [7, 11) is 2.00. The van der Waals surface area contributed by atoms with E-state index in [1.807, 2.05) is 51.4 Å². The first-order valence-electron chi connectivity index (χ1n) is 8.76. The predicted molar refractivity (Wildman–Crippen MR) is 114 cm³/mol. The lowest BCUT2D eigenvalue weighted by atomic mass is 10.2. The second-order valence-corrected chi connectivity index (χ2v) is 7.78. The molecule has 0 aliphatic carbocycles. The largest absolute Gasteiger partial charge is 0.350 e. The van der Waals surface area contributed by atoms with Crippen molar-refractivity contribution in [3.8, 4) is 0 Å². The summed E-state index contributed by atoms with van der Waals surface area (Å²) in [6, 6.07) is 13.7. The minimum absolute atomic E-state index is 0.0652. The summed E-state index contributed by atoms with van der Waals surface area (Å²) in [5, 5.41) is 6.17. The standard InChI is InChI=1S/C21H19BrN4O/c1-13(2)20-24-18-9-8-15(22)10-17(18)21(27)26(20)23-11-14-12-25(3)19-7-5-4-6-16(14)19/h4-13H,1-3H3. The monoisotopic (exact) mass is 422 g/mol. The van der Waals surface area contributed by atoms with Crippen LogP contribution in [-0.2, 0) is 7.05 Å². The van der Waals surface area contributed by atoms with E-state index >= 15 is 0 Å². The van der Waals surface area contributed by atoms with Crippen LogP contribution in [0.5, 0.6) is 0 Å². The third-order valence-corrected chi connectivity index (χ3v) is 5.08. The molecule has 6 heteroatoms. The topological polar surface area (TPSA) is 52.2 Å². The van der Waals surface area contributed by atoms with Crippen molar-refractivity contribution in [3.63, 3.8) is 0 Å². The minimum Gasteiger partial charge on any atom is -0.350 e. The molecule has 2 aromatic carbocycles. The molecule has 0 bridgehead atoms. The van der Waals surface area contributed by atoms with Crippen LogP contribution in [0.4, 0.5) is 0 Å². The van der Waals surface area contributed by atoms with Gasteiger partial charge in [-0.2, -0.15) is 9.78 Å². The number of nitrogens with zero attached hydrogens (tertiary/aromatic N) is 4. The number of para-hydroxylation sites is 1. The molecule has 0 amide bonds. The molecule has 2 aromatic heterocycles. The first-order valence-corrected chi connectivity index (χ1v) is 9.55. The maximum atomic E-state index is 13.1. The van der Waals surface area contributed by atoms with Gasteiger partial charge in [0.1, 0.15) is 5.82 Å². The minimum atomic E-state index is -0.165. The number of halogens is 1. The maximum absolute atomic E-state index is 13.1. The lowest BCUT2D eigenvalue weighted by Gasteiger charge is -2.11. The van der Waals surface area contributed by atoms with Crippen molar-refractivity contribution in [1.82, 2.24) is 14.2 Å².